The van der Waals surface area contributed by atoms with Crippen molar-refractivity contribution in [3.63, 3.8) is 0 Å². The third-order valence-corrected chi connectivity index (χ3v) is 23.5. The van der Waals surface area contributed by atoms with Crippen LogP contribution in [0.4, 0.5) is 5.69 Å². The average Bonchev–Trinajstić information content (AvgIpc) is 3.57. The number of carbonyl (C=O) groups excluding carboxylic acids is 3. The van der Waals surface area contributed by atoms with E-state index in [0.29, 0.717) is 77.0 Å². The van der Waals surface area contributed by atoms with E-state index in [9.17, 15) is 14.4 Å². The number of hydrogen-bond acceptors (Lipinski definition) is 9. The largest absolute Gasteiger partial charge is 0.416 e. The topological polar surface area (TPSA) is 131 Å². The van der Waals surface area contributed by atoms with Crippen LogP contribution in [-0.2, 0) is 32.7 Å². The smallest absolute Gasteiger partial charge is 0.278 e. The maximum atomic E-state index is 14.0. The first-order valence-corrected chi connectivity index (χ1v) is 31.6. The minimum atomic E-state index is -2.00. The minimum absolute atomic E-state index is 0.0170. The van der Waals surface area contributed by atoms with Crippen molar-refractivity contribution in [1.82, 2.24) is 15.5 Å². The molecular formula is C54H86ClN5O7Si2. The van der Waals surface area contributed by atoms with E-state index in [1.54, 1.807) is 6.08 Å². The lowest BCUT2D eigenvalue weighted by molar-refractivity contribution is -0.129. The molecule has 1 saturated carbocycles. The van der Waals surface area contributed by atoms with Crippen LogP contribution in [0.3, 0.4) is 0 Å². The monoisotopic (exact) mass is 1010 g/mol. The highest BCUT2D eigenvalue weighted by molar-refractivity contribution is 6.74. The molecule has 12 nitrogen and oxygen atoms in total. The number of benzene rings is 2. The van der Waals surface area contributed by atoms with Crippen molar-refractivity contribution in [2.45, 2.75) is 141 Å². The molecule has 69 heavy (non-hydrogen) atoms. The maximum absolute atomic E-state index is 14.0. The van der Waals surface area contributed by atoms with Crippen molar-refractivity contribution < 1.29 is 32.7 Å². The van der Waals surface area contributed by atoms with Crippen LogP contribution in [0, 0.1) is 5.92 Å². The van der Waals surface area contributed by atoms with Gasteiger partial charge in [0, 0.05) is 69.9 Å². The van der Waals surface area contributed by atoms with E-state index in [1.165, 1.54) is 4.90 Å². The molecule has 2 aliphatic rings. The van der Waals surface area contributed by atoms with Gasteiger partial charge in [-0.3, -0.25) is 19.3 Å². The van der Waals surface area contributed by atoms with Crippen LogP contribution in [0.2, 0.25) is 36.3 Å². The fourth-order valence-corrected chi connectivity index (χ4v) is 9.79. The molecular weight excluding hydrogens is 922 g/mol. The van der Waals surface area contributed by atoms with Crippen LogP contribution in [0.1, 0.15) is 116 Å². The number of hydrogen-bond donors (Lipinski definition) is 2. The zero-order valence-corrected chi connectivity index (χ0v) is 46.9. The molecule has 0 saturated heterocycles. The molecule has 2 aromatic carbocycles. The Balaban J connectivity index is 1.38. The second-order valence-electron chi connectivity index (χ2n) is 22.0. The third kappa shape index (κ3) is 18.8. The lowest BCUT2D eigenvalue weighted by Crippen LogP contribution is -2.46. The summed E-state index contributed by atoms with van der Waals surface area (Å²) in [5, 5.41) is 6.33. The van der Waals surface area contributed by atoms with Gasteiger partial charge in [-0.25, -0.2) is 4.99 Å². The minimum Gasteiger partial charge on any atom is -0.416 e. The number of rotatable bonds is 27. The first-order valence-electron chi connectivity index (χ1n) is 25.3. The number of carbonyl (C=O) groups is 3. The van der Waals surface area contributed by atoms with Crippen LogP contribution in [-0.4, -0.2) is 124 Å². The summed E-state index contributed by atoms with van der Waals surface area (Å²) in [6, 6.07) is 16.2. The number of ether oxygens (including phenoxy) is 2. The zero-order chi connectivity index (χ0) is 50.8. The number of anilines is 1. The molecule has 0 radical (unpaired) electrons. The number of alkyl halides is 1. The Morgan fingerprint density at radius 3 is 1.91 bits per heavy atom. The van der Waals surface area contributed by atoms with Gasteiger partial charge in [0.25, 0.3) is 5.91 Å². The van der Waals surface area contributed by atoms with Crippen molar-refractivity contribution in [3.8, 4) is 0 Å². The number of nitrogens with zero attached hydrogens (tertiary/aromatic N) is 3. The Bertz CT molecular complexity index is 1990. The van der Waals surface area contributed by atoms with Gasteiger partial charge in [-0.05, 0) is 116 Å². The Kier molecular flexibility index (Phi) is 22.9. The zero-order valence-electron chi connectivity index (χ0n) is 44.2. The van der Waals surface area contributed by atoms with Gasteiger partial charge in [0.2, 0.25) is 11.8 Å². The van der Waals surface area contributed by atoms with Crippen molar-refractivity contribution in [2.24, 2.45) is 10.9 Å². The first-order chi connectivity index (χ1) is 32.5. The lowest BCUT2D eigenvalue weighted by atomic mass is 9.85. The molecule has 1 aliphatic carbocycles. The molecule has 0 bridgehead atoms. The molecule has 1 aliphatic heterocycles. The molecule has 2 aromatic rings. The molecule has 0 atom stereocenters. The number of aliphatic imine (C=N–C) groups is 1. The third-order valence-electron chi connectivity index (χ3n) is 14.3. The van der Waals surface area contributed by atoms with Gasteiger partial charge in [-0.1, -0.05) is 96.9 Å². The molecule has 4 rings (SSSR count). The summed E-state index contributed by atoms with van der Waals surface area (Å²) >= 11 is 5.72. The standard InChI is InChI=1S/C54H86ClN5O7Si2/c1-53(2,3)68(9,10)66-39-45(40-67-69(11,12)54(4,5)6)43-22-17-41(18-23-43)21-30-49-58-48(37-42-19-28-47(29-20-42)59(7)8)52(63)60(49)38-50(61)57-46-26-24-44(25-27-46)51(62)56-32-34-65-36-35-64-33-16-14-13-15-31-55/h17-23,28-30,37,44-46H,13-16,24-27,31-36,38-40H2,1-12H3,(H,56,62)(H,57,61)/b30-21+,48-37+. The van der Waals surface area contributed by atoms with E-state index in [0.717, 1.165) is 54.7 Å². The number of amides is 3. The highest BCUT2D eigenvalue weighted by atomic mass is 35.5. The second-order valence-corrected chi connectivity index (χ2v) is 31.9. The summed E-state index contributed by atoms with van der Waals surface area (Å²) in [4.78, 5) is 48.9. The fourth-order valence-electron chi connectivity index (χ4n) is 7.50. The van der Waals surface area contributed by atoms with Crippen molar-refractivity contribution >= 4 is 69.6 Å². The molecule has 15 heteroatoms. The molecule has 1 fully saturated rings. The van der Waals surface area contributed by atoms with Crippen LogP contribution < -0.4 is 15.5 Å². The van der Waals surface area contributed by atoms with Gasteiger partial charge in [0.05, 0.1) is 19.8 Å². The van der Waals surface area contributed by atoms with Crippen molar-refractivity contribution in [3.05, 3.63) is 77.0 Å². The molecule has 384 valence electrons. The molecule has 3 amide bonds. The molecule has 2 N–H and O–H groups in total. The summed E-state index contributed by atoms with van der Waals surface area (Å²) in [7, 11) is -0.0468. The van der Waals surface area contributed by atoms with Crippen LogP contribution in [0.15, 0.2) is 65.3 Å². The number of unbranched alkanes of at least 4 members (excludes halogenated alkanes) is 3. The quantitative estimate of drug-likeness (QED) is 0.0392. The molecule has 1 heterocycles. The van der Waals surface area contributed by atoms with Crippen LogP contribution in [0.5, 0.6) is 0 Å². The van der Waals surface area contributed by atoms with Gasteiger partial charge >= 0.3 is 0 Å². The van der Waals surface area contributed by atoms with E-state index in [2.05, 4.69) is 103 Å². The van der Waals surface area contributed by atoms with E-state index in [1.807, 2.05) is 55.4 Å². The van der Waals surface area contributed by atoms with E-state index in [-0.39, 0.29) is 57.9 Å². The summed E-state index contributed by atoms with van der Waals surface area (Å²) in [6.45, 7) is 26.4. The predicted molar refractivity (Wildman–Crippen MR) is 290 cm³/mol. The number of amidine groups is 1. The lowest BCUT2D eigenvalue weighted by Gasteiger charge is -2.39. The highest BCUT2D eigenvalue weighted by Gasteiger charge is 2.40. The highest BCUT2D eigenvalue weighted by Crippen LogP contribution is 2.39. The van der Waals surface area contributed by atoms with Crippen LogP contribution >= 0.6 is 11.6 Å². The molecule has 0 spiro atoms. The van der Waals surface area contributed by atoms with Gasteiger partial charge in [-0.2, -0.15) is 0 Å². The summed E-state index contributed by atoms with van der Waals surface area (Å²) in [5.74, 6) is 0.465. The maximum Gasteiger partial charge on any atom is 0.278 e. The summed E-state index contributed by atoms with van der Waals surface area (Å²) < 4.78 is 24.8. The Morgan fingerprint density at radius 1 is 0.783 bits per heavy atom. The van der Waals surface area contributed by atoms with Crippen LogP contribution in [0.25, 0.3) is 12.2 Å². The van der Waals surface area contributed by atoms with E-state index in [4.69, 9.17) is 34.9 Å². The van der Waals surface area contributed by atoms with Crippen molar-refractivity contribution in [1.29, 1.82) is 0 Å². The van der Waals surface area contributed by atoms with Gasteiger partial charge in [0.15, 0.2) is 16.6 Å². The normalized spacial score (nSPS) is 17.8. The Labute approximate surface area is 422 Å². The SMILES string of the molecule is CN(C)c1ccc(/C=C2N=C(/C=C/c3ccc(C(CO[Si](C)(C)C(C)(C)C)CO[Si](C)(C)C(C)(C)C)cc3)N(CC(=O)NC3CCC(C(=O)NCCOCCOCCCCCCCl)CC3)C/2=O)cc1. The van der Waals surface area contributed by atoms with Gasteiger partial charge in [-0.15, -0.1) is 11.6 Å². The number of nitrogens with one attached hydrogen (secondary N) is 2. The molecule has 0 aromatic heterocycles. The molecule has 0 unspecified atom stereocenters. The number of halogens is 1. The first kappa shape index (κ1) is 57.9. The van der Waals surface area contributed by atoms with Crippen molar-refractivity contribution in [2.75, 3.05) is 77.6 Å². The predicted octanol–water partition coefficient (Wildman–Crippen LogP) is 10.8. The van der Waals surface area contributed by atoms with E-state index >= 15 is 0 Å². The Hall–Kier alpha value is -3.64. The summed E-state index contributed by atoms with van der Waals surface area (Å²) in [5.41, 5.74) is 4.22. The summed E-state index contributed by atoms with van der Waals surface area (Å²) in [6.07, 6.45) is 12.5. The second kappa shape index (κ2) is 27.3. The van der Waals surface area contributed by atoms with E-state index < -0.39 is 16.6 Å². The van der Waals surface area contributed by atoms with Gasteiger partial charge in [0.1, 0.15) is 18.1 Å². The average molecular weight is 1010 g/mol. The Morgan fingerprint density at radius 2 is 1.35 bits per heavy atom. The fraction of sp³-hybridized carbons (Fsp3) is 0.630. The van der Waals surface area contributed by atoms with Gasteiger partial charge < -0.3 is 33.9 Å².